The lowest BCUT2D eigenvalue weighted by Gasteiger charge is -2.27. The Morgan fingerprint density at radius 2 is 1.91 bits per heavy atom. The predicted molar refractivity (Wildman–Crippen MR) is 174 cm³/mol. The molecule has 0 saturated heterocycles. The van der Waals surface area contributed by atoms with Gasteiger partial charge in [0.15, 0.2) is 17.3 Å². The van der Waals surface area contributed by atoms with Crippen LogP contribution in [0.15, 0.2) is 89.9 Å². The maximum atomic E-state index is 15.9. The molecule has 5 aromatic rings. The molecule has 7 rings (SSSR count). The van der Waals surface area contributed by atoms with Crippen LogP contribution in [0.1, 0.15) is 41.6 Å². The molecule has 1 aliphatic carbocycles. The molecule has 0 bridgehead atoms. The molecule has 1 saturated carbocycles. The second-order valence-corrected chi connectivity index (χ2v) is 11.6. The van der Waals surface area contributed by atoms with Crippen LogP contribution in [0, 0.1) is 11.7 Å². The van der Waals surface area contributed by atoms with E-state index in [0.29, 0.717) is 36.0 Å². The summed E-state index contributed by atoms with van der Waals surface area (Å²) < 4.78 is 24.1. The number of nitrogens with zero attached hydrogens (tertiary/aromatic N) is 1. The molecular weight excluding hydrogens is 555 g/mol. The van der Waals surface area contributed by atoms with Crippen LogP contribution >= 0.6 is 0 Å². The molecule has 1 fully saturated rings. The Morgan fingerprint density at radius 1 is 1.09 bits per heavy atom. The SMILES string of the molecule is C=C1CCCC1CCNC(=O)c1cn2c3c(c(NCc4cccc(NC)c4)c(F)cc3c1=O)Oc1cc3ccccc3cc1-2. The van der Waals surface area contributed by atoms with Crippen LogP contribution < -0.4 is 26.1 Å². The van der Waals surface area contributed by atoms with Gasteiger partial charge in [0.2, 0.25) is 5.43 Å². The van der Waals surface area contributed by atoms with Gasteiger partial charge < -0.3 is 25.3 Å². The lowest BCUT2D eigenvalue weighted by molar-refractivity contribution is 0.0950. The van der Waals surface area contributed by atoms with E-state index in [2.05, 4.69) is 22.5 Å². The molecule has 1 amide bonds. The number of benzene rings is 4. The van der Waals surface area contributed by atoms with Gasteiger partial charge in [-0.05, 0) is 78.3 Å². The van der Waals surface area contributed by atoms with E-state index < -0.39 is 17.2 Å². The molecule has 3 N–H and O–H groups in total. The van der Waals surface area contributed by atoms with E-state index in [-0.39, 0.29) is 22.4 Å². The lowest BCUT2D eigenvalue weighted by atomic mass is 10.0. The number of aromatic nitrogens is 1. The quantitative estimate of drug-likeness (QED) is 0.160. The number of hydrogen-bond acceptors (Lipinski definition) is 5. The molecule has 1 atom stereocenters. The van der Waals surface area contributed by atoms with E-state index in [1.165, 1.54) is 11.6 Å². The van der Waals surface area contributed by atoms with Gasteiger partial charge >= 0.3 is 0 Å². The third-order valence-corrected chi connectivity index (χ3v) is 8.83. The maximum absolute atomic E-state index is 15.9. The second kappa shape index (κ2) is 11.2. The first-order valence-electron chi connectivity index (χ1n) is 15.0. The number of ether oxygens (including phenoxy) is 1. The minimum absolute atomic E-state index is 0.0429. The summed E-state index contributed by atoms with van der Waals surface area (Å²) in [6.07, 6.45) is 5.56. The normalized spacial score (nSPS) is 15.2. The number of carbonyl (C=O) groups is 1. The van der Waals surface area contributed by atoms with Gasteiger partial charge in [-0.3, -0.25) is 9.59 Å². The van der Waals surface area contributed by atoms with Crippen molar-refractivity contribution >= 4 is 39.0 Å². The number of allylic oxidation sites excluding steroid dienone is 1. The monoisotopic (exact) mass is 588 g/mol. The number of hydrogen-bond donors (Lipinski definition) is 3. The van der Waals surface area contributed by atoms with Crippen LogP contribution in [0.25, 0.3) is 27.4 Å². The van der Waals surface area contributed by atoms with Gasteiger partial charge in [0.1, 0.15) is 16.8 Å². The van der Waals surface area contributed by atoms with Crippen molar-refractivity contribution in [2.75, 3.05) is 24.2 Å². The van der Waals surface area contributed by atoms with E-state index in [1.54, 1.807) is 10.8 Å². The van der Waals surface area contributed by atoms with Crippen molar-refractivity contribution in [3.05, 3.63) is 112 Å². The number of carbonyl (C=O) groups excluding carboxylic acids is 1. The average Bonchev–Trinajstić information content (AvgIpc) is 3.45. The van der Waals surface area contributed by atoms with E-state index in [4.69, 9.17) is 4.74 Å². The smallest absolute Gasteiger partial charge is 0.256 e. The first-order valence-corrected chi connectivity index (χ1v) is 15.0. The van der Waals surface area contributed by atoms with Gasteiger partial charge in [0, 0.05) is 32.0 Å². The molecule has 8 heteroatoms. The van der Waals surface area contributed by atoms with Gasteiger partial charge in [-0.25, -0.2) is 4.39 Å². The summed E-state index contributed by atoms with van der Waals surface area (Å²) in [5.74, 6) is -0.0293. The largest absolute Gasteiger partial charge is 0.451 e. The standard InChI is InChI=1S/C36H33FN4O3/c1-21-7-5-11-23(21)13-14-39-36(43)28-20-41-30-16-24-9-3-4-10-25(24)17-31(30)44-35-32(29(37)18-27(33(35)41)34(28)42)40-19-22-8-6-12-26(15-22)38-2/h3-4,6,8-10,12,15-18,20,23,38,40H,1,5,7,11,13-14,19H2,2H3,(H,39,43). The summed E-state index contributed by atoms with van der Waals surface area (Å²) in [6.45, 7) is 4.91. The molecule has 1 aromatic heterocycles. The van der Waals surface area contributed by atoms with Gasteiger partial charge in [-0.2, -0.15) is 0 Å². The maximum Gasteiger partial charge on any atom is 0.256 e. The van der Waals surface area contributed by atoms with Crippen LogP contribution in [0.5, 0.6) is 11.5 Å². The van der Waals surface area contributed by atoms with Crippen molar-refractivity contribution in [1.82, 2.24) is 9.88 Å². The molecule has 1 aliphatic heterocycles. The fourth-order valence-corrected chi connectivity index (χ4v) is 6.44. The van der Waals surface area contributed by atoms with Crippen LogP contribution in [0.3, 0.4) is 0 Å². The summed E-state index contributed by atoms with van der Waals surface area (Å²) in [6, 6.07) is 20.7. The van der Waals surface area contributed by atoms with Crippen molar-refractivity contribution in [3.8, 4) is 17.2 Å². The average molecular weight is 589 g/mol. The van der Waals surface area contributed by atoms with Gasteiger partial charge in [0.05, 0.1) is 11.1 Å². The Kier molecular flexibility index (Phi) is 7.04. The molecule has 44 heavy (non-hydrogen) atoms. The van der Waals surface area contributed by atoms with Gasteiger partial charge in [-0.1, -0.05) is 48.6 Å². The van der Waals surface area contributed by atoms with Crippen LogP contribution in [-0.2, 0) is 6.54 Å². The fourth-order valence-electron chi connectivity index (χ4n) is 6.44. The summed E-state index contributed by atoms with van der Waals surface area (Å²) in [5, 5.41) is 11.2. The molecule has 0 spiro atoms. The predicted octanol–water partition coefficient (Wildman–Crippen LogP) is 7.52. The Bertz CT molecular complexity index is 2030. The Balaban J connectivity index is 1.33. The van der Waals surface area contributed by atoms with E-state index in [0.717, 1.165) is 47.7 Å². The number of amides is 1. The van der Waals surface area contributed by atoms with Crippen molar-refractivity contribution in [2.45, 2.75) is 32.2 Å². The highest BCUT2D eigenvalue weighted by atomic mass is 19.1. The molecule has 1 unspecified atom stereocenters. The first kappa shape index (κ1) is 27.7. The molecule has 222 valence electrons. The number of anilines is 2. The molecule has 7 nitrogen and oxygen atoms in total. The highest BCUT2D eigenvalue weighted by Crippen LogP contribution is 2.46. The zero-order chi connectivity index (χ0) is 30.4. The highest BCUT2D eigenvalue weighted by Gasteiger charge is 2.29. The number of fused-ring (bicyclic) bond motifs is 3. The second-order valence-electron chi connectivity index (χ2n) is 11.6. The van der Waals surface area contributed by atoms with Crippen molar-refractivity contribution < 1.29 is 13.9 Å². The van der Waals surface area contributed by atoms with Crippen molar-refractivity contribution in [1.29, 1.82) is 0 Å². The summed E-state index contributed by atoms with van der Waals surface area (Å²) >= 11 is 0. The zero-order valence-corrected chi connectivity index (χ0v) is 24.5. The van der Waals surface area contributed by atoms with Gasteiger partial charge in [-0.15, -0.1) is 0 Å². The van der Waals surface area contributed by atoms with Crippen molar-refractivity contribution in [2.24, 2.45) is 5.92 Å². The third kappa shape index (κ3) is 4.86. The number of halogens is 1. The molecule has 4 aromatic carbocycles. The Morgan fingerprint density at radius 3 is 2.68 bits per heavy atom. The topological polar surface area (TPSA) is 84.4 Å². The van der Waals surface area contributed by atoms with E-state index in [9.17, 15) is 9.59 Å². The summed E-state index contributed by atoms with van der Waals surface area (Å²) in [7, 11) is 1.84. The minimum Gasteiger partial charge on any atom is -0.451 e. The van der Waals surface area contributed by atoms with Crippen LogP contribution in [0.4, 0.5) is 15.8 Å². The summed E-state index contributed by atoms with van der Waals surface area (Å²) in [4.78, 5) is 27.2. The fraction of sp³-hybridized carbons (Fsp3) is 0.222. The van der Waals surface area contributed by atoms with Crippen LogP contribution in [0.2, 0.25) is 0 Å². The van der Waals surface area contributed by atoms with E-state index in [1.807, 2.05) is 67.7 Å². The molecule has 2 aliphatic rings. The Labute approximate surface area is 254 Å². The van der Waals surface area contributed by atoms with Crippen molar-refractivity contribution in [3.63, 3.8) is 0 Å². The molecule has 2 heterocycles. The Hall–Kier alpha value is -5.11. The van der Waals surface area contributed by atoms with E-state index >= 15 is 4.39 Å². The molecule has 0 radical (unpaired) electrons. The lowest BCUT2D eigenvalue weighted by Crippen LogP contribution is -2.31. The number of rotatable bonds is 8. The van der Waals surface area contributed by atoms with Gasteiger partial charge in [0.25, 0.3) is 5.91 Å². The number of nitrogens with one attached hydrogen (secondary N) is 3. The minimum atomic E-state index is -0.637. The van der Waals surface area contributed by atoms with Crippen LogP contribution in [-0.4, -0.2) is 24.1 Å². The third-order valence-electron chi connectivity index (χ3n) is 8.83. The molecular formula is C36H33FN4O3. The highest BCUT2D eigenvalue weighted by molar-refractivity contribution is 6.02. The number of pyridine rings is 1. The zero-order valence-electron chi connectivity index (χ0n) is 24.5. The summed E-state index contributed by atoms with van der Waals surface area (Å²) in [5.41, 5.74) is 3.74. The first-order chi connectivity index (χ1) is 21.4.